The van der Waals surface area contributed by atoms with Gasteiger partial charge in [0.05, 0.1) is 29.0 Å². The van der Waals surface area contributed by atoms with E-state index in [1.807, 2.05) is 0 Å². The van der Waals surface area contributed by atoms with Crippen molar-refractivity contribution in [2.45, 2.75) is 38.7 Å². The lowest BCUT2D eigenvalue weighted by Gasteiger charge is -2.26. The number of halogens is 4. The molecular weight excluding hydrogens is 390 g/mol. The van der Waals surface area contributed by atoms with Gasteiger partial charge in [0.15, 0.2) is 0 Å². The third kappa shape index (κ3) is 4.15. The third-order valence-electron chi connectivity index (χ3n) is 4.68. The summed E-state index contributed by atoms with van der Waals surface area (Å²) in [5.74, 6) is -0.745. The number of hydrogen-bond donors (Lipinski definition) is 2. The number of pyridine rings is 1. The van der Waals surface area contributed by atoms with Crippen LogP contribution in [0.2, 0.25) is 0 Å². The summed E-state index contributed by atoms with van der Waals surface area (Å²) in [6.07, 6.45) is -0.605. The van der Waals surface area contributed by atoms with Crippen molar-refractivity contribution in [1.29, 1.82) is 0 Å². The third-order valence-corrected chi connectivity index (χ3v) is 4.68. The van der Waals surface area contributed by atoms with Gasteiger partial charge >= 0.3 is 6.18 Å². The van der Waals surface area contributed by atoms with Gasteiger partial charge in [0, 0.05) is 23.5 Å². The zero-order valence-electron chi connectivity index (χ0n) is 15.9. The number of aromatic nitrogens is 3. The van der Waals surface area contributed by atoms with E-state index in [2.05, 4.69) is 15.4 Å². The Morgan fingerprint density at radius 2 is 1.86 bits per heavy atom. The second-order valence-corrected chi connectivity index (χ2v) is 7.22. The molecule has 1 atom stereocenters. The monoisotopic (exact) mass is 409 g/mol. The second-order valence-electron chi connectivity index (χ2n) is 7.22. The summed E-state index contributed by atoms with van der Waals surface area (Å²) in [6.45, 7) is 4.40. The van der Waals surface area contributed by atoms with Crippen LogP contribution in [0.4, 0.5) is 23.2 Å². The molecule has 0 bridgehead atoms. The molecule has 3 N–H and O–H groups in total. The number of alkyl halides is 4. The van der Waals surface area contributed by atoms with Gasteiger partial charge < -0.3 is 11.1 Å². The quantitative estimate of drug-likeness (QED) is 0.623. The van der Waals surface area contributed by atoms with Crippen molar-refractivity contribution < 1.29 is 22.4 Å². The molecule has 0 saturated heterocycles. The topological polar surface area (TPSA) is 85.3 Å². The molecular formula is C19H19F4N5O. The number of primary amides is 1. The lowest BCUT2D eigenvalue weighted by Crippen LogP contribution is -2.36. The highest BCUT2D eigenvalue weighted by Crippen LogP contribution is 2.32. The van der Waals surface area contributed by atoms with Crippen molar-refractivity contribution in [2.24, 2.45) is 5.73 Å². The first-order valence-corrected chi connectivity index (χ1v) is 8.68. The van der Waals surface area contributed by atoms with E-state index >= 15 is 0 Å². The number of hydrogen-bond acceptors (Lipinski definition) is 4. The van der Waals surface area contributed by atoms with Gasteiger partial charge in [-0.3, -0.25) is 9.78 Å². The van der Waals surface area contributed by atoms with Gasteiger partial charge in [-0.1, -0.05) is 6.07 Å². The molecule has 0 spiro atoms. The van der Waals surface area contributed by atoms with Crippen LogP contribution in [0, 0.1) is 0 Å². The highest BCUT2D eigenvalue weighted by atomic mass is 19.4. The highest BCUT2D eigenvalue weighted by Gasteiger charge is 2.32. The minimum atomic E-state index is -4.53. The maximum Gasteiger partial charge on any atom is 0.433 e. The van der Waals surface area contributed by atoms with E-state index in [1.54, 1.807) is 19.2 Å². The fraction of sp³-hybridized carbons (Fsp3) is 0.316. The average Bonchev–Trinajstić information content (AvgIpc) is 3.05. The SMILES string of the molecule is CC(Nc1c(C(N)=O)cnn2cc(-c3ccc(C(F)(F)F)nc3)cc12)C(C)(C)F. The summed E-state index contributed by atoms with van der Waals surface area (Å²) in [4.78, 5) is 15.3. The van der Waals surface area contributed by atoms with Gasteiger partial charge in [0.25, 0.3) is 5.91 Å². The summed E-state index contributed by atoms with van der Waals surface area (Å²) in [5, 5.41) is 7.08. The highest BCUT2D eigenvalue weighted by molar-refractivity contribution is 6.02. The minimum absolute atomic E-state index is 0.0730. The van der Waals surface area contributed by atoms with Gasteiger partial charge in [-0.25, -0.2) is 8.91 Å². The van der Waals surface area contributed by atoms with E-state index in [0.29, 0.717) is 16.6 Å². The van der Waals surface area contributed by atoms with Crippen molar-refractivity contribution in [2.75, 3.05) is 5.32 Å². The van der Waals surface area contributed by atoms with Crippen LogP contribution in [0.15, 0.2) is 36.8 Å². The first kappa shape index (κ1) is 20.6. The van der Waals surface area contributed by atoms with E-state index in [1.165, 1.54) is 30.6 Å². The van der Waals surface area contributed by atoms with Gasteiger partial charge in [-0.15, -0.1) is 0 Å². The normalized spacial score (nSPS) is 13.5. The van der Waals surface area contributed by atoms with Crippen LogP contribution in [-0.4, -0.2) is 32.2 Å². The van der Waals surface area contributed by atoms with Gasteiger partial charge in [0.1, 0.15) is 11.4 Å². The molecule has 0 radical (unpaired) electrons. The zero-order chi connectivity index (χ0) is 21.6. The molecule has 0 aromatic carbocycles. The molecule has 1 amide bonds. The molecule has 3 aromatic rings. The average molecular weight is 409 g/mol. The molecule has 10 heteroatoms. The van der Waals surface area contributed by atoms with Crippen molar-refractivity contribution in [3.05, 3.63) is 48.0 Å². The molecule has 0 aliphatic rings. The molecule has 0 saturated carbocycles. The zero-order valence-corrected chi connectivity index (χ0v) is 15.9. The first-order chi connectivity index (χ1) is 13.4. The number of rotatable bonds is 5. The maximum absolute atomic E-state index is 14.3. The summed E-state index contributed by atoms with van der Waals surface area (Å²) < 4.78 is 53.9. The largest absolute Gasteiger partial charge is 0.433 e. The van der Waals surface area contributed by atoms with Crippen LogP contribution in [0.1, 0.15) is 36.8 Å². The van der Waals surface area contributed by atoms with Crippen LogP contribution >= 0.6 is 0 Å². The smallest absolute Gasteiger partial charge is 0.377 e. The van der Waals surface area contributed by atoms with Crippen molar-refractivity contribution >= 4 is 17.1 Å². The molecule has 6 nitrogen and oxygen atoms in total. The fourth-order valence-corrected chi connectivity index (χ4v) is 2.67. The van der Waals surface area contributed by atoms with Crippen LogP contribution in [0.3, 0.4) is 0 Å². The Morgan fingerprint density at radius 1 is 1.17 bits per heavy atom. The summed E-state index contributed by atoms with van der Waals surface area (Å²) in [5.41, 5.74) is 4.57. The van der Waals surface area contributed by atoms with Crippen LogP contribution in [0.5, 0.6) is 0 Å². The number of fused-ring (bicyclic) bond motifs is 1. The Kier molecular flexibility index (Phi) is 4.97. The standard InChI is InChI=1S/C19H19F4N5O/c1-10(18(2,3)20)27-16-13(17(24)29)8-26-28-9-12(6-14(16)28)11-4-5-15(25-7-11)19(21,22)23/h4-10,27H,1-3H3,(H2,24,29). The van der Waals surface area contributed by atoms with E-state index in [-0.39, 0.29) is 11.3 Å². The Hall–Kier alpha value is -3.17. The van der Waals surface area contributed by atoms with Gasteiger partial charge in [0.2, 0.25) is 0 Å². The summed E-state index contributed by atoms with van der Waals surface area (Å²) >= 11 is 0. The first-order valence-electron chi connectivity index (χ1n) is 8.68. The molecule has 0 aliphatic carbocycles. The molecule has 3 aromatic heterocycles. The molecule has 29 heavy (non-hydrogen) atoms. The number of carbonyl (C=O) groups excluding carboxylic acids is 1. The molecule has 0 fully saturated rings. The number of anilines is 1. The second kappa shape index (κ2) is 7.02. The van der Waals surface area contributed by atoms with Crippen LogP contribution in [0.25, 0.3) is 16.6 Å². The predicted octanol–water partition coefficient (Wildman–Crippen LogP) is 4.06. The number of nitrogens with two attached hydrogens (primary N) is 1. The number of carbonyl (C=O) groups is 1. The fourth-order valence-electron chi connectivity index (χ4n) is 2.67. The van der Waals surface area contributed by atoms with Crippen LogP contribution < -0.4 is 11.1 Å². The number of amides is 1. The van der Waals surface area contributed by atoms with Gasteiger partial charge in [-0.05, 0) is 32.9 Å². The maximum atomic E-state index is 14.3. The predicted molar refractivity (Wildman–Crippen MR) is 100 cm³/mol. The van der Waals surface area contributed by atoms with E-state index in [0.717, 1.165) is 12.3 Å². The molecule has 0 aliphatic heterocycles. The summed E-state index contributed by atoms with van der Waals surface area (Å²) in [6, 6.07) is 3.12. The molecule has 3 heterocycles. The lowest BCUT2D eigenvalue weighted by atomic mass is 10.0. The number of nitrogens with zero attached hydrogens (tertiary/aromatic N) is 3. The van der Waals surface area contributed by atoms with Gasteiger partial charge in [-0.2, -0.15) is 18.3 Å². The molecule has 1 unspecified atom stereocenters. The Labute approximate surface area is 163 Å². The molecule has 3 rings (SSSR count). The number of nitrogens with one attached hydrogen (secondary N) is 1. The summed E-state index contributed by atoms with van der Waals surface area (Å²) in [7, 11) is 0. The van der Waals surface area contributed by atoms with E-state index in [4.69, 9.17) is 5.73 Å². The van der Waals surface area contributed by atoms with E-state index in [9.17, 15) is 22.4 Å². The van der Waals surface area contributed by atoms with Crippen LogP contribution in [-0.2, 0) is 6.18 Å². The lowest BCUT2D eigenvalue weighted by molar-refractivity contribution is -0.141. The minimum Gasteiger partial charge on any atom is -0.377 e. The van der Waals surface area contributed by atoms with E-state index < -0.39 is 29.5 Å². The molecule has 154 valence electrons. The van der Waals surface area contributed by atoms with Crippen molar-refractivity contribution in [1.82, 2.24) is 14.6 Å². The Balaban J connectivity index is 2.09. The Bertz CT molecular complexity index is 1050. The van der Waals surface area contributed by atoms with Crippen molar-refractivity contribution in [3.63, 3.8) is 0 Å². The Morgan fingerprint density at radius 3 is 2.38 bits per heavy atom. The van der Waals surface area contributed by atoms with Crippen molar-refractivity contribution in [3.8, 4) is 11.1 Å².